The number of rotatable bonds is 8. The molecular weight excluding hydrogens is 298 g/mol. The van der Waals surface area contributed by atoms with Crippen molar-refractivity contribution in [1.29, 1.82) is 0 Å². The van der Waals surface area contributed by atoms with Gasteiger partial charge in [0.2, 0.25) is 5.91 Å². The van der Waals surface area contributed by atoms with Gasteiger partial charge in [0, 0.05) is 19.7 Å². The van der Waals surface area contributed by atoms with Crippen LogP contribution < -0.4 is 5.32 Å². The summed E-state index contributed by atoms with van der Waals surface area (Å²) in [6, 6.07) is 7.94. The van der Waals surface area contributed by atoms with Crippen LogP contribution in [-0.4, -0.2) is 41.0 Å². The van der Waals surface area contributed by atoms with Crippen LogP contribution in [0.15, 0.2) is 42.1 Å². The Labute approximate surface area is 134 Å². The van der Waals surface area contributed by atoms with Crippen molar-refractivity contribution in [2.45, 2.75) is 24.7 Å². The molecule has 0 bridgehead atoms. The summed E-state index contributed by atoms with van der Waals surface area (Å²) in [5.74, 6) is 0.306. The fourth-order valence-corrected chi connectivity index (χ4v) is 3.04. The largest absolute Gasteiger partial charge is 0.383 e. The number of thioether (sulfide) groups is 1. The second-order valence-corrected chi connectivity index (χ2v) is 5.94. The summed E-state index contributed by atoms with van der Waals surface area (Å²) in [5, 5.41) is 3.72. The lowest BCUT2D eigenvalue weighted by atomic mass is 10.3. The van der Waals surface area contributed by atoms with E-state index in [-0.39, 0.29) is 11.9 Å². The highest BCUT2D eigenvalue weighted by Crippen LogP contribution is 2.23. The first-order chi connectivity index (χ1) is 10.7. The van der Waals surface area contributed by atoms with Gasteiger partial charge in [-0.3, -0.25) is 4.79 Å². The molecule has 0 spiro atoms. The number of aromatic nitrogens is 2. The van der Waals surface area contributed by atoms with Crippen molar-refractivity contribution in [3.8, 4) is 0 Å². The van der Waals surface area contributed by atoms with Gasteiger partial charge >= 0.3 is 0 Å². The first-order valence-electron chi connectivity index (χ1n) is 7.13. The Morgan fingerprint density at radius 3 is 3.05 bits per heavy atom. The molecule has 2 aromatic rings. The quantitative estimate of drug-likeness (QED) is 0.600. The number of allylic oxidation sites excluding steroid dienone is 1. The number of imidazole rings is 1. The molecule has 0 aliphatic heterocycles. The Morgan fingerprint density at radius 2 is 2.32 bits per heavy atom. The lowest BCUT2D eigenvalue weighted by molar-refractivity contribution is -0.119. The van der Waals surface area contributed by atoms with Crippen LogP contribution >= 0.6 is 11.8 Å². The van der Waals surface area contributed by atoms with Crippen LogP contribution in [0.25, 0.3) is 11.0 Å². The summed E-state index contributed by atoms with van der Waals surface area (Å²) in [4.78, 5) is 16.5. The maximum absolute atomic E-state index is 11.9. The SMILES string of the molecule is C=CCn1c(SCC(=O)NC(C)COC)nc2ccccc21. The average molecular weight is 319 g/mol. The molecule has 0 aliphatic rings. The lowest BCUT2D eigenvalue weighted by Gasteiger charge is -2.12. The van der Waals surface area contributed by atoms with E-state index in [0.29, 0.717) is 18.9 Å². The van der Waals surface area contributed by atoms with E-state index < -0.39 is 0 Å². The Kier molecular flexibility index (Phi) is 6.03. The second kappa shape index (κ2) is 8.00. The van der Waals surface area contributed by atoms with Gasteiger partial charge in [0.25, 0.3) is 0 Å². The van der Waals surface area contributed by atoms with Crippen LogP contribution in [0.2, 0.25) is 0 Å². The van der Waals surface area contributed by atoms with Gasteiger partial charge in [0.15, 0.2) is 5.16 Å². The van der Waals surface area contributed by atoms with Gasteiger partial charge in [-0.15, -0.1) is 6.58 Å². The lowest BCUT2D eigenvalue weighted by Crippen LogP contribution is -2.36. The minimum Gasteiger partial charge on any atom is -0.383 e. The number of fused-ring (bicyclic) bond motifs is 1. The predicted molar refractivity (Wildman–Crippen MR) is 90.1 cm³/mol. The highest BCUT2D eigenvalue weighted by molar-refractivity contribution is 7.99. The second-order valence-electron chi connectivity index (χ2n) is 4.99. The highest BCUT2D eigenvalue weighted by Gasteiger charge is 2.13. The van der Waals surface area contributed by atoms with E-state index in [1.807, 2.05) is 37.3 Å². The Bertz CT molecular complexity index is 654. The Morgan fingerprint density at radius 1 is 1.55 bits per heavy atom. The van der Waals surface area contributed by atoms with E-state index in [4.69, 9.17) is 4.74 Å². The van der Waals surface area contributed by atoms with Crippen molar-refractivity contribution >= 4 is 28.7 Å². The van der Waals surface area contributed by atoms with E-state index in [9.17, 15) is 4.79 Å². The standard InChI is InChI=1S/C16H21N3O2S/c1-4-9-19-14-8-6-5-7-13(14)18-16(19)22-11-15(20)17-12(2)10-21-3/h4-8,12H,1,9-11H2,2-3H3,(H,17,20). The molecule has 5 nitrogen and oxygen atoms in total. The molecule has 1 atom stereocenters. The summed E-state index contributed by atoms with van der Waals surface area (Å²) in [6.45, 7) is 6.88. The molecule has 0 saturated heterocycles. The monoisotopic (exact) mass is 319 g/mol. The third kappa shape index (κ3) is 4.11. The van der Waals surface area contributed by atoms with Crippen molar-refractivity contribution in [2.24, 2.45) is 0 Å². The summed E-state index contributed by atoms with van der Waals surface area (Å²) >= 11 is 1.43. The molecule has 6 heteroatoms. The number of methoxy groups -OCH3 is 1. The van der Waals surface area contributed by atoms with Gasteiger partial charge in [-0.05, 0) is 19.1 Å². The number of ether oxygens (including phenoxy) is 1. The van der Waals surface area contributed by atoms with E-state index in [2.05, 4.69) is 21.4 Å². The molecule has 0 saturated carbocycles. The smallest absolute Gasteiger partial charge is 0.230 e. The maximum Gasteiger partial charge on any atom is 0.230 e. The Balaban J connectivity index is 2.06. The number of nitrogens with one attached hydrogen (secondary N) is 1. The molecule has 118 valence electrons. The van der Waals surface area contributed by atoms with Crippen LogP contribution in [0.3, 0.4) is 0 Å². The molecule has 0 radical (unpaired) electrons. The molecule has 1 amide bonds. The van der Waals surface area contributed by atoms with Crippen LogP contribution in [0, 0.1) is 0 Å². The number of benzene rings is 1. The van der Waals surface area contributed by atoms with Crippen molar-refractivity contribution in [3.63, 3.8) is 0 Å². The fraction of sp³-hybridized carbons (Fsp3) is 0.375. The minimum absolute atomic E-state index is 0.00472. The zero-order chi connectivity index (χ0) is 15.9. The highest BCUT2D eigenvalue weighted by atomic mass is 32.2. The number of carbonyl (C=O) groups is 1. The minimum atomic E-state index is -0.0215. The number of para-hydroxylation sites is 2. The zero-order valence-corrected chi connectivity index (χ0v) is 13.7. The third-order valence-corrected chi connectivity index (χ3v) is 4.06. The maximum atomic E-state index is 11.9. The summed E-state index contributed by atoms with van der Waals surface area (Å²) in [6.07, 6.45) is 1.83. The molecule has 1 unspecified atom stereocenters. The first kappa shape index (κ1) is 16.6. The first-order valence-corrected chi connectivity index (χ1v) is 8.11. The van der Waals surface area contributed by atoms with Gasteiger partial charge in [-0.25, -0.2) is 4.98 Å². The molecule has 1 N–H and O–H groups in total. The molecule has 1 aromatic carbocycles. The van der Waals surface area contributed by atoms with Gasteiger partial charge in [0.05, 0.1) is 23.4 Å². The normalized spacial score (nSPS) is 12.3. The topological polar surface area (TPSA) is 56.2 Å². The fourth-order valence-electron chi connectivity index (χ4n) is 2.21. The van der Waals surface area contributed by atoms with Crippen molar-refractivity contribution in [3.05, 3.63) is 36.9 Å². The molecule has 1 aromatic heterocycles. The molecule has 1 heterocycles. The van der Waals surface area contributed by atoms with Gasteiger partial charge in [-0.1, -0.05) is 30.0 Å². The van der Waals surface area contributed by atoms with Gasteiger partial charge < -0.3 is 14.6 Å². The van der Waals surface area contributed by atoms with Crippen LogP contribution in [-0.2, 0) is 16.1 Å². The van der Waals surface area contributed by atoms with E-state index in [0.717, 1.165) is 16.2 Å². The van der Waals surface area contributed by atoms with Gasteiger partial charge in [-0.2, -0.15) is 0 Å². The van der Waals surface area contributed by atoms with E-state index in [1.165, 1.54) is 11.8 Å². The molecular formula is C16H21N3O2S. The summed E-state index contributed by atoms with van der Waals surface area (Å²) in [7, 11) is 1.62. The van der Waals surface area contributed by atoms with E-state index >= 15 is 0 Å². The third-order valence-electron chi connectivity index (χ3n) is 3.09. The molecule has 2 rings (SSSR count). The van der Waals surface area contributed by atoms with Crippen LogP contribution in [0.5, 0.6) is 0 Å². The Hall–Kier alpha value is -1.79. The molecule has 22 heavy (non-hydrogen) atoms. The van der Waals surface area contributed by atoms with Crippen LogP contribution in [0.1, 0.15) is 6.92 Å². The number of carbonyl (C=O) groups excluding carboxylic acids is 1. The zero-order valence-electron chi connectivity index (χ0n) is 12.9. The summed E-state index contributed by atoms with van der Waals surface area (Å²) < 4.78 is 7.08. The summed E-state index contributed by atoms with van der Waals surface area (Å²) in [5.41, 5.74) is 1.98. The molecule has 0 aliphatic carbocycles. The number of hydrogen-bond donors (Lipinski definition) is 1. The van der Waals surface area contributed by atoms with Crippen molar-refractivity contribution < 1.29 is 9.53 Å². The average Bonchev–Trinajstić information content (AvgIpc) is 2.84. The predicted octanol–water partition coefficient (Wildman–Crippen LogP) is 2.47. The van der Waals surface area contributed by atoms with Crippen LogP contribution in [0.4, 0.5) is 0 Å². The number of amides is 1. The van der Waals surface area contributed by atoms with Crippen molar-refractivity contribution in [1.82, 2.24) is 14.9 Å². The number of nitrogens with zero attached hydrogens (tertiary/aromatic N) is 2. The molecule has 0 fully saturated rings. The van der Waals surface area contributed by atoms with Crippen molar-refractivity contribution in [2.75, 3.05) is 19.5 Å². The van der Waals surface area contributed by atoms with E-state index in [1.54, 1.807) is 7.11 Å². The van der Waals surface area contributed by atoms with Gasteiger partial charge in [0.1, 0.15) is 0 Å². The number of hydrogen-bond acceptors (Lipinski definition) is 4.